The van der Waals surface area contributed by atoms with Crippen molar-refractivity contribution >= 4 is 39.5 Å². The smallest absolute Gasteiger partial charge is 0.462 e. The van der Waals surface area contributed by atoms with Crippen LogP contribution in [0.4, 0.5) is 0 Å². The SMILES string of the molecule is CCCCCCCCCCCCCCCCCCCC(=O)O[C@H](COC(=O)CCCCCCCCCCCC(C)C)COP(=O)(O)OC[C@@H](O)COP(=O)(O)OC[C@@H](COC(=O)CCCCCCCCCCCC)OC(=O)CCCCCCCCCCCCC. The zero-order chi connectivity index (χ0) is 66.3. The first-order chi connectivity index (χ1) is 43.5. The fourth-order valence-electron chi connectivity index (χ4n) is 10.8. The molecule has 0 bridgehead atoms. The lowest BCUT2D eigenvalue weighted by atomic mass is 10.0. The Hall–Kier alpha value is -1.94. The first kappa shape index (κ1) is 88.1. The van der Waals surface area contributed by atoms with E-state index in [1.807, 2.05) is 0 Å². The Morgan fingerprint density at radius 1 is 0.300 bits per heavy atom. The van der Waals surface area contributed by atoms with Gasteiger partial charge in [0.15, 0.2) is 12.2 Å². The minimum atomic E-state index is -4.95. The number of phosphoric acid groups is 2. The summed E-state index contributed by atoms with van der Waals surface area (Å²) in [6, 6.07) is 0. The molecule has 0 rings (SSSR count). The maximum Gasteiger partial charge on any atom is 0.472 e. The molecule has 0 fully saturated rings. The molecule has 0 aliphatic carbocycles. The third-order valence-electron chi connectivity index (χ3n) is 16.5. The molecular formula is C71H138O17P2. The maximum atomic E-state index is 13.0. The summed E-state index contributed by atoms with van der Waals surface area (Å²) in [6.07, 6.45) is 51.2. The molecule has 0 amide bonds. The van der Waals surface area contributed by atoms with E-state index in [4.69, 9.17) is 37.0 Å². The van der Waals surface area contributed by atoms with E-state index >= 15 is 0 Å². The predicted octanol–water partition coefficient (Wildman–Crippen LogP) is 20.5. The quantitative estimate of drug-likeness (QED) is 0.0222. The molecule has 0 saturated heterocycles. The number of carbonyl (C=O) groups is 4. The molecule has 534 valence electrons. The summed E-state index contributed by atoms with van der Waals surface area (Å²) >= 11 is 0. The molecule has 0 aromatic rings. The highest BCUT2D eigenvalue weighted by atomic mass is 31.2. The second kappa shape index (κ2) is 64.4. The predicted molar refractivity (Wildman–Crippen MR) is 363 cm³/mol. The van der Waals surface area contributed by atoms with Crippen LogP contribution in [0.15, 0.2) is 0 Å². The molecule has 0 aliphatic heterocycles. The summed E-state index contributed by atoms with van der Waals surface area (Å²) in [7, 11) is -9.90. The Morgan fingerprint density at radius 3 is 0.756 bits per heavy atom. The number of carbonyl (C=O) groups excluding carboxylic acids is 4. The highest BCUT2D eigenvalue weighted by Gasteiger charge is 2.30. The number of esters is 4. The second-order valence-electron chi connectivity index (χ2n) is 26.1. The third kappa shape index (κ3) is 64.8. The summed E-state index contributed by atoms with van der Waals surface area (Å²) in [5.74, 6) is -1.38. The van der Waals surface area contributed by atoms with Gasteiger partial charge in [-0.2, -0.15) is 0 Å². The number of aliphatic hydroxyl groups is 1. The van der Waals surface area contributed by atoms with Crippen LogP contribution < -0.4 is 0 Å². The highest BCUT2D eigenvalue weighted by Crippen LogP contribution is 2.45. The van der Waals surface area contributed by atoms with Crippen molar-refractivity contribution in [2.24, 2.45) is 5.92 Å². The zero-order valence-electron chi connectivity index (χ0n) is 58.3. The molecule has 2 unspecified atom stereocenters. The number of rotatable bonds is 71. The third-order valence-corrected chi connectivity index (χ3v) is 18.4. The van der Waals surface area contributed by atoms with Crippen LogP contribution in [0.25, 0.3) is 0 Å². The molecule has 0 saturated carbocycles. The molecule has 0 aromatic heterocycles. The van der Waals surface area contributed by atoms with E-state index in [1.54, 1.807) is 0 Å². The Kier molecular flexibility index (Phi) is 63.0. The highest BCUT2D eigenvalue weighted by molar-refractivity contribution is 7.47. The number of aliphatic hydroxyl groups excluding tert-OH is 1. The van der Waals surface area contributed by atoms with E-state index in [2.05, 4.69) is 34.6 Å². The number of unbranched alkanes of at least 4 members (excludes halogenated alkanes) is 43. The monoisotopic (exact) mass is 1320 g/mol. The Bertz CT molecular complexity index is 1740. The van der Waals surface area contributed by atoms with Crippen LogP contribution >= 0.6 is 15.6 Å². The van der Waals surface area contributed by atoms with Crippen LogP contribution in [-0.2, 0) is 65.4 Å². The standard InChI is InChI=1S/C71H138O17P2/c1-6-9-12-15-18-21-24-25-26-27-28-29-31-36-42-47-52-57-71(76)88-67(61-82-69(74)55-50-45-40-37-32-33-38-43-48-53-64(4)5)63-86-90(79,80)84-59-65(72)58-83-89(77,78)85-62-66(60-81-68(73)54-49-44-39-34-23-20-17-14-11-8-3)87-70(75)56-51-46-41-35-30-22-19-16-13-10-7-2/h64-67,72H,6-63H2,1-5H3,(H,77,78)(H,79,80)/t65-,66+,67+/m0/s1. The Morgan fingerprint density at radius 2 is 0.511 bits per heavy atom. The van der Waals surface area contributed by atoms with Crippen LogP contribution in [-0.4, -0.2) is 96.7 Å². The minimum Gasteiger partial charge on any atom is -0.462 e. The average Bonchev–Trinajstić information content (AvgIpc) is 3.19. The molecule has 0 aromatic carbocycles. The van der Waals surface area contributed by atoms with Crippen molar-refractivity contribution < 1.29 is 80.2 Å². The van der Waals surface area contributed by atoms with E-state index in [9.17, 15) is 43.2 Å². The van der Waals surface area contributed by atoms with E-state index in [0.717, 1.165) is 95.8 Å². The maximum absolute atomic E-state index is 13.0. The van der Waals surface area contributed by atoms with Gasteiger partial charge in [0.05, 0.1) is 26.4 Å². The van der Waals surface area contributed by atoms with Gasteiger partial charge >= 0.3 is 39.5 Å². The fourth-order valence-corrected chi connectivity index (χ4v) is 12.4. The Balaban J connectivity index is 5.23. The molecular weight excluding hydrogens is 1190 g/mol. The lowest BCUT2D eigenvalue weighted by Crippen LogP contribution is -2.30. The van der Waals surface area contributed by atoms with Gasteiger partial charge < -0.3 is 33.8 Å². The van der Waals surface area contributed by atoms with E-state index in [0.29, 0.717) is 25.7 Å². The van der Waals surface area contributed by atoms with Crippen molar-refractivity contribution in [3.05, 3.63) is 0 Å². The molecule has 0 aliphatic rings. The fraction of sp³-hybridized carbons (Fsp3) is 0.944. The van der Waals surface area contributed by atoms with Crippen LogP contribution in [0.2, 0.25) is 0 Å². The summed E-state index contributed by atoms with van der Waals surface area (Å²) in [5.41, 5.74) is 0. The zero-order valence-corrected chi connectivity index (χ0v) is 60.1. The number of hydrogen-bond donors (Lipinski definition) is 3. The van der Waals surface area contributed by atoms with Crippen LogP contribution in [0.1, 0.15) is 369 Å². The molecule has 0 spiro atoms. The minimum absolute atomic E-state index is 0.107. The van der Waals surface area contributed by atoms with Crippen molar-refractivity contribution in [3.8, 4) is 0 Å². The van der Waals surface area contributed by atoms with Crippen LogP contribution in [0.5, 0.6) is 0 Å². The van der Waals surface area contributed by atoms with E-state index in [-0.39, 0.29) is 25.7 Å². The van der Waals surface area contributed by atoms with Gasteiger partial charge in [-0.3, -0.25) is 37.3 Å². The molecule has 90 heavy (non-hydrogen) atoms. The second-order valence-corrected chi connectivity index (χ2v) is 29.0. The topological polar surface area (TPSA) is 237 Å². The Labute approximate surface area is 549 Å². The number of hydrogen-bond acceptors (Lipinski definition) is 15. The van der Waals surface area contributed by atoms with Gasteiger partial charge in [0.25, 0.3) is 0 Å². The van der Waals surface area contributed by atoms with Crippen LogP contribution in [0, 0.1) is 5.92 Å². The van der Waals surface area contributed by atoms with Gasteiger partial charge in [-0.15, -0.1) is 0 Å². The summed E-state index contributed by atoms with van der Waals surface area (Å²) < 4.78 is 68.3. The molecule has 19 heteroatoms. The lowest BCUT2D eigenvalue weighted by molar-refractivity contribution is -0.161. The lowest BCUT2D eigenvalue weighted by Gasteiger charge is -2.21. The average molecular weight is 1330 g/mol. The summed E-state index contributed by atoms with van der Waals surface area (Å²) in [5, 5.41) is 10.6. The number of ether oxygens (including phenoxy) is 4. The number of phosphoric ester groups is 2. The summed E-state index contributed by atoms with van der Waals surface area (Å²) in [6.45, 7) is 7.23. The first-order valence-corrected chi connectivity index (χ1v) is 40.1. The van der Waals surface area contributed by atoms with E-state index in [1.165, 1.54) is 193 Å². The van der Waals surface area contributed by atoms with Gasteiger partial charge in [0, 0.05) is 25.7 Å². The molecule has 17 nitrogen and oxygen atoms in total. The summed E-state index contributed by atoms with van der Waals surface area (Å²) in [4.78, 5) is 72.5. The molecule has 5 atom stereocenters. The van der Waals surface area contributed by atoms with Gasteiger partial charge in [-0.25, -0.2) is 9.13 Å². The molecule has 3 N–H and O–H groups in total. The largest absolute Gasteiger partial charge is 0.472 e. The normalized spacial score (nSPS) is 14.1. The van der Waals surface area contributed by atoms with Crippen molar-refractivity contribution in [2.75, 3.05) is 39.6 Å². The van der Waals surface area contributed by atoms with Crippen molar-refractivity contribution in [1.29, 1.82) is 0 Å². The van der Waals surface area contributed by atoms with Crippen molar-refractivity contribution in [3.63, 3.8) is 0 Å². The van der Waals surface area contributed by atoms with Gasteiger partial charge in [-0.05, 0) is 31.6 Å². The van der Waals surface area contributed by atoms with Crippen molar-refractivity contribution in [2.45, 2.75) is 387 Å². The van der Waals surface area contributed by atoms with E-state index < -0.39 is 97.5 Å². The first-order valence-electron chi connectivity index (χ1n) is 37.1. The van der Waals surface area contributed by atoms with Gasteiger partial charge in [0.2, 0.25) is 0 Å². The van der Waals surface area contributed by atoms with Gasteiger partial charge in [-0.1, -0.05) is 317 Å². The van der Waals surface area contributed by atoms with Crippen LogP contribution in [0.3, 0.4) is 0 Å². The molecule has 0 radical (unpaired) electrons. The van der Waals surface area contributed by atoms with Gasteiger partial charge in [0.1, 0.15) is 19.3 Å². The van der Waals surface area contributed by atoms with Crippen molar-refractivity contribution in [1.82, 2.24) is 0 Å². The molecule has 0 heterocycles.